The van der Waals surface area contributed by atoms with Crippen molar-refractivity contribution in [1.82, 2.24) is 20.5 Å². The minimum Gasteiger partial charge on any atom is -0.444 e. The number of carbonyl (C=O) groups excluding carboxylic acids is 3. The molecule has 3 amide bonds. The van der Waals surface area contributed by atoms with Crippen LogP contribution in [-0.2, 0) is 33.5 Å². The van der Waals surface area contributed by atoms with Crippen LogP contribution in [0.15, 0.2) is 54.7 Å². The molecule has 0 bridgehead atoms. The van der Waals surface area contributed by atoms with Crippen LogP contribution in [0.3, 0.4) is 0 Å². The van der Waals surface area contributed by atoms with Gasteiger partial charge in [0, 0.05) is 25.2 Å². The Hall–Kier alpha value is -4.35. The van der Waals surface area contributed by atoms with Gasteiger partial charge in [0.05, 0.1) is 5.56 Å². The Morgan fingerprint density at radius 1 is 1.05 bits per heavy atom. The van der Waals surface area contributed by atoms with Crippen molar-refractivity contribution in [2.24, 2.45) is 0 Å². The van der Waals surface area contributed by atoms with Crippen molar-refractivity contribution in [3.63, 3.8) is 0 Å². The maximum Gasteiger partial charge on any atom is 0.416 e. The van der Waals surface area contributed by atoms with Gasteiger partial charge in [-0.15, -0.1) is 0 Å². The molecule has 0 saturated carbocycles. The smallest absolute Gasteiger partial charge is 0.416 e. The summed E-state index contributed by atoms with van der Waals surface area (Å²) >= 11 is 0. The molecule has 0 radical (unpaired) electrons. The molecule has 2 aromatic carbocycles. The molecule has 2 atom stereocenters. The summed E-state index contributed by atoms with van der Waals surface area (Å²) in [7, 11) is 1.42. The minimum atomic E-state index is -4.51. The summed E-state index contributed by atoms with van der Waals surface area (Å²) in [6, 6.07) is 10.0. The number of hydrogen-bond donors (Lipinski definition) is 3. The Balaban J connectivity index is 1.70. The molecule has 0 fully saturated rings. The Morgan fingerprint density at radius 3 is 2.43 bits per heavy atom. The van der Waals surface area contributed by atoms with Crippen molar-refractivity contribution in [1.29, 1.82) is 0 Å². The summed E-state index contributed by atoms with van der Waals surface area (Å²) in [6.07, 6.45) is -3.74. The highest BCUT2D eigenvalue weighted by Gasteiger charge is 2.32. The number of aryl methyl sites for hydroxylation is 1. The summed E-state index contributed by atoms with van der Waals surface area (Å²) in [5.41, 5.74) is 5.40. The van der Waals surface area contributed by atoms with Crippen LogP contribution in [0.1, 0.15) is 50.8 Å². The van der Waals surface area contributed by atoms with Crippen molar-refractivity contribution in [3.05, 3.63) is 71.4 Å². The SMILES string of the molecule is C[C@@H](C(=O)NCc1ccc2c(N)nccc2c1)N(C)C(=O)[C@@H](CCc1cccc(C(F)(F)F)c1)NC(=O)OC(C)(C)C. The molecule has 0 aliphatic heterocycles. The molecule has 9 nitrogen and oxygen atoms in total. The fraction of sp³-hybridized carbons (Fsp3) is 0.400. The number of carbonyl (C=O) groups is 3. The van der Waals surface area contributed by atoms with Crippen LogP contribution in [0, 0.1) is 0 Å². The van der Waals surface area contributed by atoms with Gasteiger partial charge < -0.3 is 26.0 Å². The van der Waals surface area contributed by atoms with E-state index in [9.17, 15) is 27.6 Å². The maximum absolute atomic E-state index is 13.5. The number of alkyl carbamates (subject to hydrolysis) is 1. The number of fused-ring (bicyclic) bond motifs is 1. The molecular weight excluding hydrogens is 551 g/mol. The molecule has 0 aliphatic carbocycles. The number of nitrogens with zero attached hydrogens (tertiary/aromatic N) is 2. The number of nitrogens with one attached hydrogen (secondary N) is 2. The average molecular weight is 588 g/mol. The summed E-state index contributed by atoms with van der Waals surface area (Å²) in [6.45, 7) is 6.71. The Bertz CT molecular complexity index is 1440. The summed E-state index contributed by atoms with van der Waals surface area (Å²) in [5, 5.41) is 6.98. The average Bonchev–Trinajstić information content (AvgIpc) is 2.91. The molecule has 226 valence electrons. The van der Waals surface area contributed by atoms with Crippen LogP contribution < -0.4 is 16.4 Å². The van der Waals surface area contributed by atoms with E-state index in [1.165, 1.54) is 31.0 Å². The van der Waals surface area contributed by atoms with Crippen LogP contribution >= 0.6 is 0 Å². The fourth-order valence-corrected chi connectivity index (χ4v) is 4.23. The predicted octanol–water partition coefficient (Wildman–Crippen LogP) is 4.83. The number of aromatic nitrogens is 1. The number of nitrogens with two attached hydrogens (primary N) is 1. The predicted molar refractivity (Wildman–Crippen MR) is 153 cm³/mol. The number of benzene rings is 2. The lowest BCUT2D eigenvalue weighted by atomic mass is 10.0. The number of likely N-dealkylation sites (N-methyl/N-ethyl adjacent to an activating group) is 1. The van der Waals surface area contributed by atoms with Gasteiger partial charge in [-0.25, -0.2) is 9.78 Å². The number of anilines is 1. The van der Waals surface area contributed by atoms with E-state index in [0.717, 1.165) is 28.5 Å². The zero-order chi connectivity index (χ0) is 31.2. The highest BCUT2D eigenvalue weighted by Crippen LogP contribution is 2.30. The lowest BCUT2D eigenvalue weighted by Crippen LogP contribution is -2.54. The van der Waals surface area contributed by atoms with Crippen molar-refractivity contribution in [3.8, 4) is 0 Å². The number of halogens is 3. The van der Waals surface area contributed by atoms with Crippen molar-refractivity contribution in [2.45, 2.75) is 70.9 Å². The third-order valence-corrected chi connectivity index (χ3v) is 6.60. The molecule has 3 aromatic rings. The number of nitrogen functional groups attached to an aromatic ring is 1. The molecule has 42 heavy (non-hydrogen) atoms. The Labute approximate surface area is 242 Å². The number of hydrogen-bond acceptors (Lipinski definition) is 6. The number of rotatable bonds is 9. The van der Waals surface area contributed by atoms with E-state index in [4.69, 9.17) is 10.5 Å². The first-order valence-corrected chi connectivity index (χ1v) is 13.4. The lowest BCUT2D eigenvalue weighted by molar-refractivity contribution is -0.140. The van der Waals surface area contributed by atoms with E-state index in [-0.39, 0.29) is 19.4 Å². The van der Waals surface area contributed by atoms with Gasteiger partial charge in [-0.2, -0.15) is 13.2 Å². The van der Waals surface area contributed by atoms with E-state index in [0.29, 0.717) is 11.4 Å². The molecule has 0 aliphatic rings. The monoisotopic (exact) mass is 587 g/mol. The van der Waals surface area contributed by atoms with Gasteiger partial charge in [0.2, 0.25) is 11.8 Å². The molecule has 4 N–H and O–H groups in total. The Kier molecular flexibility index (Phi) is 10.0. The quantitative estimate of drug-likeness (QED) is 0.329. The lowest BCUT2D eigenvalue weighted by Gasteiger charge is -2.29. The van der Waals surface area contributed by atoms with Gasteiger partial charge in [0.15, 0.2) is 0 Å². The van der Waals surface area contributed by atoms with Crippen molar-refractivity contribution in [2.75, 3.05) is 12.8 Å². The van der Waals surface area contributed by atoms with Gasteiger partial charge in [0.25, 0.3) is 0 Å². The van der Waals surface area contributed by atoms with Gasteiger partial charge >= 0.3 is 12.3 Å². The molecule has 0 spiro atoms. The van der Waals surface area contributed by atoms with Gasteiger partial charge in [-0.05, 0) is 75.2 Å². The standard InChI is InChI=1S/C30H36F3N5O4/c1-18(26(39)36-17-20-9-11-23-21(15-20)13-14-35-25(23)34)38(5)27(40)24(37-28(41)42-29(2,3)4)12-10-19-7-6-8-22(16-19)30(31,32)33/h6-9,11,13-16,18,24H,10,12,17H2,1-5H3,(H2,34,35)(H,36,39)(H,37,41)/t18-,24+/m0/s1. The van der Waals surface area contributed by atoms with Crippen molar-refractivity contribution < 1.29 is 32.3 Å². The number of pyridine rings is 1. The van der Waals surface area contributed by atoms with Crippen LogP contribution in [-0.4, -0.2) is 52.5 Å². The van der Waals surface area contributed by atoms with Crippen LogP contribution in [0.5, 0.6) is 0 Å². The van der Waals surface area contributed by atoms with Crippen LogP contribution in [0.2, 0.25) is 0 Å². The molecular formula is C30H36F3N5O4. The topological polar surface area (TPSA) is 127 Å². The second-order valence-corrected chi connectivity index (χ2v) is 11.0. The molecule has 0 unspecified atom stereocenters. The number of ether oxygens (including phenoxy) is 1. The number of amides is 3. The van der Waals surface area contributed by atoms with E-state index >= 15 is 0 Å². The second-order valence-electron chi connectivity index (χ2n) is 11.0. The van der Waals surface area contributed by atoms with Crippen LogP contribution in [0.4, 0.5) is 23.8 Å². The van der Waals surface area contributed by atoms with Gasteiger partial charge in [-0.3, -0.25) is 9.59 Å². The highest BCUT2D eigenvalue weighted by molar-refractivity contribution is 5.92. The third kappa shape index (κ3) is 8.82. The molecule has 12 heteroatoms. The Morgan fingerprint density at radius 2 is 1.76 bits per heavy atom. The van der Waals surface area contributed by atoms with Crippen molar-refractivity contribution >= 4 is 34.5 Å². The molecule has 1 heterocycles. The largest absolute Gasteiger partial charge is 0.444 e. The molecule has 0 saturated heterocycles. The summed E-state index contributed by atoms with van der Waals surface area (Å²) < 4.78 is 44.8. The van der Waals surface area contributed by atoms with E-state index < -0.39 is 47.3 Å². The number of alkyl halides is 3. The van der Waals surface area contributed by atoms with E-state index in [1.54, 1.807) is 27.0 Å². The first-order valence-electron chi connectivity index (χ1n) is 13.4. The van der Waals surface area contributed by atoms with Gasteiger partial charge in [0.1, 0.15) is 23.5 Å². The zero-order valence-electron chi connectivity index (χ0n) is 24.2. The normalized spacial score (nSPS) is 13.2. The van der Waals surface area contributed by atoms with E-state index in [1.807, 2.05) is 24.3 Å². The first kappa shape index (κ1) is 32.2. The summed E-state index contributed by atoms with van der Waals surface area (Å²) in [5.74, 6) is -0.627. The van der Waals surface area contributed by atoms with Gasteiger partial charge in [-0.1, -0.05) is 30.3 Å². The molecule has 3 rings (SSSR count). The highest BCUT2D eigenvalue weighted by atomic mass is 19.4. The zero-order valence-corrected chi connectivity index (χ0v) is 24.2. The maximum atomic E-state index is 13.5. The fourth-order valence-electron chi connectivity index (χ4n) is 4.23. The third-order valence-electron chi connectivity index (χ3n) is 6.60. The summed E-state index contributed by atoms with van der Waals surface area (Å²) in [4.78, 5) is 44.2. The van der Waals surface area contributed by atoms with Crippen LogP contribution in [0.25, 0.3) is 10.8 Å². The molecule has 1 aromatic heterocycles. The first-order chi connectivity index (χ1) is 19.5. The second kappa shape index (κ2) is 13.1. The minimum absolute atomic E-state index is 0.0207. The van der Waals surface area contributed by atoms with E-state index in [2.05, 4.69) is 15.6 Å².